The molecule has 0 atom stereocenters. The molecule has 0 aromatic carbocycles. The van der Waals surface area contributed by atoms with Crippen molar-refractivity contribution in [2.24, 2.45) is 5.73 Å². The molecule has 0 saturated carbocycles. The number of alkyl carbamates (subject to hydrolysis) is 1. The van der Waals surface area contributed by atoms with E-state index in [4.69, 9.17) is 5.73 Å². The summed E-state index contributed by atoms with van der Waals surface area (Å²) in [5, 5.41) is 2.14. The summed E-state index contributed by atoms with van der Waals surface area (Å²) in [6, 6.07) is 0. The lowest BCUT2D eigenvalue weighted by atomic mass is 10.1. The Morgan fingerprint density at radius 1 is 1.38 bits per heavy atom. The van der Waals surface area contributed by atoms with E-state index >= 15 is 0 Å². The SMILES string of the molecule is CC(C)(OC(=O)NCC=CCN)C(F)(F)F. The molecule has 0 spiro atoms. The molecule has 0 fully saturated rings. The van der Waals surface area contributed by atoms with Crippen molar-refractivity contribution in [2.45, 2.75) is 25.6 Å². The van der Waals surface area contributed by atoms with Gasteiger partial charge in [-0.05, 0) is 13.8 Å². The Kier molecular flexibility index (Phi) is 5.29. The number of hydrogen-bond donors (Lipinski definition) is 2. The maximum Gasteiger partial charge on any atom is 0.427 e. The molecule has 0 heterocycles. The molecule has 4 nitrogen and oxygen atoms in total. The Bertz CT molecular complexity index is 262. The van der Waals surface area contributed by atoms with Crippen molar-refractivity contribution in [3.63, 3.8) is 0 Å². The van der Waals surface area contributed by atoms with Crippen LogP contribution >= 0.6 is 0 Å². The number of hydrogen-bond acceptors (Lipinski definition) is 3. The first-order valence-electron chi connectivity index (χ1n) is 4.59. The lowest BCUT2D eigenvalue weighted by molar-refractivity contribution is -0.243. The maximum absolute atomic E-state index is 12.3. The Morgan fingerprint density at radius 2 is 1.94 bits per heavy atom. The lowest BCUT2D eigenvalue weighted by Crippen LogP contribution is -2.45. The van der Waals surface area contributed by atoms with Gasteiger partial charge in [0, 0.05) is 13.1 Å². The number of carbonyl (C=O) groups is 1. The van der Waals surface area contributed by atoms with Crippen LogP contribution in [0.2, 0.25) is 0 Å². The highest BCUT2D eigenvalue weighted by Crippen LogP contribution is 2.32. The van der Waals surface area contributed by atoms with Gasteiger partial charge in [-0.15, -0.1) is 0 Å². The van der Waals surface area contributed by atoms with Crippen molar-refractivity contribution in [1.82, 2.24) is 5.32 Å². The number of alkyl halides is 3. The van der Waals surface area contributed by atoms with Gasteiger partial charge >= 0.3 is 12.3 Å². The molecule has 0 aliphatic heterocycles. The highest BCUT2D eigenvalue weighted by molar-refractivity contribution is 5.67. The second-order valence-corrected chi connectivity index (χ2v) is 3.49. The summed E-state index contributed by atoms with van der Waals surface area (Å²) in [5.41, 5.74) is 2.62. The fraction of sp³-hybridized carbons (Fsp3) is 0.667. The first-order valence-corrected chi connectivity index (χ1v) is 4.59. The van der Waals surface area contributed by atoms with E-state index in [0.29, 0.717) is 6.54 Å². The zero-order chi connectivity index (χ0) is 12.8. The molecule has 0 radical (unpaired) electrons. The monoisotopic (exact) mass is 240 g/mol. The molecule has 0 rings (SSSR count). The second kappa shape index (κ2) is 5.74. The summed E-state index contributed by atoms with van der Waals surface area (Å²) in [6.07, 6.45) is -2.64. The fourth-order valence-corrected chi connectivity index (χ4v) is 0.648. The fourth-order valence-electron chi connectivity index (χ4n) is 0.648. The third-order valence-electron chi connectivity index (χ3n) is 1.70. The largest absolute Gasteiger partial charge is 0.434 e. The van der Waals surface area contributed by atoms with E-state index in [1.165, 1.54) is 6.08 Å². The molecule has 0 saturated heterocycles. The Hall–Kier alpha value is -1.24. The van der Waals surface area contributed by atoms with Gasteiger partial charge in [-0.25, -0.2) is 4.79 Å². The molecule has 3 N–H and O–H groups in total. The number of carbonyl (C=O) groups excluding carboxylic acids is 1. The average Bonchev–Trinajstić information content (AvgIpc) is 2.10. The second-order valence-electron chi connectivity index (χ2n) is 3.49. The van der Waals surface area contributed by atoms with Crippen LogP contribution in [0.5, 0.6) is 0 Å². The van der Waals surface area contributed by atoms with E-state index in [0.717, 1.165) is 13.8 Å². The van der Waals surface area contributed by atoms with E-state index in [1.807, 2.05) is 0 Å². The van der Waals surface area contributed by atoms with Gasteiger partial charge in [0.15, 0.2) is 0 Å². The molecule has 0 unspecified atom stereocenters. The van der Waals surface area contributed by atoms with Crippen LogP contribution in [0.3, 0.4) is 0 Å². The number of nitrogens with two attached hydrogens (primary N) is 1. The van der Waals surface area contributed by atoms with Crippen LogP contribution in [0.1, 0.15) is 13.8 Å². The smallest absolute Gasteiger partial charge is 0.427 e. The van der Waals surface area contributed by atoms with Gasteiger partial charge in [0.1, 0.15) is 0 Å². The zero-order valence-corrected chi connectivity index (χ0v) is 9.10. The van der Waals surface area contributed by atoms with Gasteiger partial charge in [0.2, 0.25) is 5.60 Å². The van der Waals surface area contributed by atoms with E-state index in [9.17, 15) is 18.0 Å². The van der Waals surface area contributed by atoms with Crippen LogP contribution in [0, 0.1) is 0 Å². The van der Waals surface area contributed by atoms with E-state index in [2.05, 4.69) is 10.1 Å². The summed E-state index contributed by atoms with van der Waals surface area (Å²) in [4.78, 5) is 11.0. The topological polar surface area (TPSA) is 64.3 Å². The predicted octanol–water partition coefficient (Wildman–Crippen LogP) is 1.57. The maximum atomic E-state index is 12.3. The zero-order valence-electron chi connectivity index (χ0n) is 9.10. The van der Waals surface area contributed by atoms with Crippen molar-refractivity contribution in [3.05, 3.63) is 12.2 Å². The molecule has 0 aliphatic rings. The van der Waals surface area contributed by atoms with Gasteiger partial charge in [-0.1, -0.05) is 12.2 Å². The van der Waals surface area contributed by atoms with Gasteiger partial charge in [-0.2, -0.15) is 13.2 Å². The number of ether oxygens (including phenoxy) is 1. The Balaban J connectivity index is 4.10. The molecule has 94 valence electrons. The Labute approximate surface area is 91.6 Å². The van der Waals surface area contributed by atoms with Crippen LogP contribution in [-0.4, -0.2) is 31.0 Å². The highest BCUT2D eigenvalue weighted by Gasteiger charge is 2.50. The number of nitrogens with one attached hydrogen (secondary N) is 1. The molecule has 7 heteroatoms. The summed E-state index contributed by atoms with van der Waals surface area (Å²) in [5.74, 6) is 0. The first-order chi connectivity index (χ1) is 7.20. The van der Waals surface area contributed by atoms with Crippen molar-refractivity contribution in [3.8, 4) is 0 Å². The molecular weight excluding hydrogens is 225 g/mol. The van der Waals surface area contributed by atoms with Crippen LogP contribution in [-0.2, 0) is 4.74 Å². The summed E-state index contributed by atoms with van der Waals surface area (Å²) in [6.45, 7) is 1.93. The van der Waals surface area contributed by atoms with E-state index < -0.39 is 17.9 Å². The minimum atomic E-state index is -4.60. The molecule has 0 aliphatic carbocycles. The lowest BCUT2D eigenvalue weighted by Gasteiger charge is -2.27. The quantitative estimate of drug-likeness (QED) is 0.733. The van der Waals surface area contributed by atoms with Crippen LogP contribution in [0.15, 0.2) is 12.2 Å². The van der Waals surface area contributed by atoms with Crippen molar-refractivity contribution in [1.29, 1.82) is 0 Å². The molecule has 0 aromatic heterocycles. The van der Waals surface area contributed by atoms with Gasteiger partial charge < -0.3 is 15.8 Å². The molecule has 0 aromatic rings. The van der Waals surface area contributed by atoms with Gasteiger partial charge in [-0.3, -0.25) is 0 Å². The van der Waals surface area contributed by atoms with Crippen molar-refractivity contribution in [2.75, 3.05) is 13.1 Å². The normalized spacial score (nSPS) is 12.9. The van der Waals surface area contributed by atoms with E-state index in [-0.39, 0.29) is 6.54 Å². The third kappa shape index (κ3) is 5.01. The van der Waals surface area contributed by atoms with Crippen LogP contribution in [0.4, 0.5) is 18.0 Å². The standard InChI is InChI=1S/C9H15F3N2O2/c1-8(2,9(10,11)12)16-7(15)14-6-4-3-5-13/h3-4H,5-6,13H2,1-2H3,(H,14,15). The predicted molar refractivity (Wildman–Crippen MR) is 52.8 cm³/mol. The number of amides is 1. The third-order valence-corrected chi connectivity index (χ3v) is 1.70. The summed E-state index contributed by atoms with van der Waals surface area (Å²) >= 11 is 0. The summed E-state index contributed by atoms with van der Waals surface area (Å²) in [7, 11) is 0. The average molecular weight is 240 g/mol. The summed E-state index contributed by atoms with van der Waals surface area (Å²) < 4.78 is 41.1. The van der Waals surface area contributed by atoms with Crippen molar-refractivity contribution >= 4 is 6.09 Å². The molecule has 1 amide bonds. The van der Waals surface area contributed by atoms with Crippen LogP contribution in [0.25, 0.3) is 0 Å². The minimum absolute atomic E-state index is 0.0734. The van der Waals surface area contributed by atoms with Gasteiger partial charge in [0.25, 0.3) is 0 Å². The van der Waals surface area contributed by atoms with Crippen LogP contribution < -0.4 is 11.1 Å². The molecule has 16 heavy (non-hydrogen) atoms. The minimum Gasteiger partial charge on any atom is -0.434 e. The van der Waals surface area contributed by atoms with E-state index in [1.54, 1.807) is 6.08 Å². The molecular formula is C9H15F3N2O2. The van der Waals surface area contributed by atoms with Crippen molar-refractivity contribution < 1.29 is 22.7 Å². The number of halogens is 3. The first kappa shape index (κ1) is 14.8. The molecule has 0 bridgehead atoms. The highest BCUT2D eigenvalue weighted by atomic mass is 19.4. The van der Waals surface area contributed by atoms with Gasteiger partial charge in [0.05, 0.1) is 0 Å². The number of rotatable bonds is 4. The Morgan fingerprint density at radius 3 is 2.38 bits per heavy atom.